The number of carbonyl (C=O) groups is 1. The molecular formula is C25H23N3O4. The molecule has 0 saturated heterocycles. The van der Waals surface area contributed by atoms with Gasteiger partial charge in [-0.1, -0.05) is 12.1 Å². The van der Waals surface area contributed by atoms with Crippen LogP contribution in [0.1, 0.15) is 13.8 Å². The van der Waals surface area contributed by atoms with Crippen LogP contribution in [-0.2, 0) is 4.79 Å². The third-order valence-corrected chi connectivity index (χ3v) is 5.14. The van der Waals surface area contributed by atoms with Gasteiger partial charge >= 0.3 is 5.97 Å². The van der Waals surface area contributed by atoms with E-state index in [9.17, 15) is 15.0 Å². The second kappa shape index (κ2) is 8.55. The van der Waals surface area contributed by atoms with Crippen molar-refractivity contribution < 1.29 is 19.7 Å². The van der Waals surface area contributed by atoms with E-state index in [1.807, 2.05) is 36.4 Å². The van der Waals surface area contributed by atoms with Crippen LogP contribution in [-0.4, -0.2) is 37.7 Å². The third kappa shape index (κ3) is 4.46. The number of carboxylic acids is 1. The summed E-state index contributed by atoms with van der Waals surface area (Å²) in [6.45, 7) is 3.33. The average molecular weight is 429 g/mol. The number of para-hydroxylation sites is 1. The lowest BCUT2D eigenvalue weighted by atomic mass is 9.95. The molecule has 2 heterocycles. The lowest BCUT2D eigenvalue weighted by Crippen LogP contribution is -2.30. The molecule has 0 aliphatic carbocycles. The van der Waals surface area contributed by atoms with Crippen molar-refractivity contribution in [2.75, 3.05) is 6.61 Å². The Hall–Kier alpha value is -4.13. The van der Waals surface area contributed by atoms with Crippen molar-refractivity contribution in [1.29, 1.82) is 0 Å². The number of nitrogens with zero attached hydrogens (tertiary/aromatic N) is 2. The van der Waals surface area contributed by atoms with Crippen molar-refractivity contribution >= 4 is 5.97 Å². The molecule has 0 saturated carbocycles. The van der Waals surface area contributed by atoms with Crippen molar-refractivity contribution in [3.8, 4) is 45.4 Å². The number of H-pyrrole nitrogens is 1. The first-order valence-electron chi connectivity index (χ1n) is 10.1. The Morgan fingerprint density at radius 1 is 0.969 bits per heavy atom. The average Bonchev–Trinajstić information content (AvgIpc) is 3.28. The van der Waals surface area contributed by atoms with E-state index >= 15 is 0 Å². The van der Waals surface area contributed by atoms with Gasteiger partial charge in [-0.2, -0.15) is 0 Å². The second-order valence-electron chi connectivity index (χ2n) is 8.10. The number of hydrogen-bond donors (Lipinski definition) is 3. The van der Waals surface area contributed by atoms with Crippen molar-refractivity contribution in [2.24, 2.45) is 5.41 Å². The van der Waals surface area contributed by atoms with Crippen LogP contribution in [0.15, 0.2) is 73.1 Å². The molecule has 7 heteroatoms. The first kappa shape index (κ1) is 21.1. The largest absolute Gasteiger partial charge is 0.507 e. The number of nitrogens with one attached hydrogen (secondary N) is 1. The van der Waals surface area contributed by atoms with Crippen LogP contribution in [0.2, 0.25) is 0 Å². The molecule has 7 nitrogen and oxygen atoms in total. The Morgan fingerprint density at radius 3 is 2.34 bits per heavy atom. The first-order valence-corrected chi connectivity index (χ1v) is 10.1. The number of ether oxygens (including phenoxy) is 1. The van der Waals surface area contributed by atoms with Gasteiger partial charge < -0.3 is 19.9 Å². The molecule has 2 aromatic heterocycles. The maximum atomic E-state index is 11.2. The van der Waals surface area contributed by atoms with E-state index in [2.05, 4.69) is 15.0 Å². The fourth-order valence-corrected chi connectivity index (χ4v) is 3.06. The summed E-state index contributed by atoms with van der Waals surface area (Å²) in [5.74, 6) is 0.553. The number of hydrogen-bond acceptors (Lipinski definition) is 5. The van der Waals surface area contributed by atoms with Gasteiger partial charge in [0, 0.05) is 22.9 Å². The minimum absolute atomic E-state index is 0.0838. The molecule has 0 atom stereocenters. The Balaban J connectivity index is 1.46. The van der Waals surface area contributed by atoms with Gasteiger partial charge in [-0.3, -0.25) is 9.78 Å². The molecule has 0 spiro atoms. The Kier molecular flexibility index (Phi) is 5.64. The summed E-state index contributed by atoms with van der Waals surface area (Å²) in [7, 11) is 0. The third-order valence-electron chi connectivity index (χ3n) is 5.14. The van der Waals surface area contributed by atoms with Crippen LogP contribution >= 0.6 is 0 Å². The fourth-order valence-electron chi connectivity index (χ4n) is 3.06. The molecule has 0 aliphatic rings. The first-order chi connectivity index (χ1) is 15.3. The summed E-state index contributed by atoms with van der Waals surface area (Å²) in [4.78, 5) is 23.4. The molecule has 2 aromatic carbocycles. The van der Waals surface area contributed by atoms with Gasteiger partial charge in [0.1, 0.15) is 23.9 Å². The van der Waals surface area contributed by atoms with Crippen LogP contribution in [0.25, 0.3) is 33.9 Å². The summed E-state index contributed by atoms with van der Waals surface area (Å²) in [5.41, 5.74) is 2.98. The van der Waals surface area contributed by atoms with Gasteiger partial charge in [0.25, 0.3) is 0 Å². The van der Waals surface area contributed by atoms with Gasteiger partial charge in [-0.05, 0) is 62.4 Å². The number of pyridine rings is 1. The van der Waals surface area contributed by atoms with Gasteiger partial charge in [-0.15, -0.1) is 0 Å². The quantitative estimate of drug-likeness (QED) is 0.381. The van der Waals surface area contributed by atoms with Crippen molar-refractivity contribution in [2.45, 2.75) is 13.8 Å². The Bertz CT molecular complexity index is 1230. The highest BCUT2D eigenvalue weighted by Crippen LogP contribution is 2.29. The Labute approximate surface area is 185 Å². The number of phenols is 1. The van der Waals surface area contributed by atoms with Crippen molar-refractivity contribution in [3.63, 3.8) is 0 Å². The minimum atomic E-state index is -0.957. The number of rotatable bonds is 7. The zero-order valence-electron chi connectivity index (χ0n) is 17.7. The summed E-state index contributed by atoms with van der Waals surface area (Å²) >= 11 is 0. The monoisotopic (exact) mass is 429 g/mol. The predicted molar refractivity (Wildman–Crippen MR) is 121 cm³/mol. The molecule has 0 amide bonds. The minimum Gasteiger partial charge on any atom is -0.507 e. The molecule has 162 valence electrons. The van der Waals surface area contributed by atoms with E-state index in [0.717, 1.165) is 22.5 Å². The lowest BCUT2D eigenvalue weighted by Gasteiger charge is -2.19. The second-order valence-corrected chi connectivity index (χ2v) is 8.10. The highest BCUT2D eigenvalue weighted by molar-refractivity contribution is 5.74. The molecular weight excluding hydrogens is 406 g/mol. The molecule has 3 N–H and O–H groups in total. The molecule has 4 rings (SSSR count). The number of aromatic amines is 1. The fraction of sp³-hybridized carbons (Fsp3) is 0.160. The van der Waals surface area contributed by atoms with E-state index in [0.29, 0.717) is 17.1 Å². The van der Waals surface area contributed by atoms with Crippen LogP contribution in [0.5, 0.6) is 11.5 Å². The number of aromatic hydroxyl groups is 1. The number of imidazole rings is 1. The summed E-state index contributed by atoms with van der Waals surface area (Å²) < 4.78 is 5.62. The van der Waals surface area contributed by atoms with Crippen LogP contribution in [0.4, 0.5) is 0 Å². The lowest BCUT2D eigenvalue weighted by molar-refractivity contribution is -0.148. The number of aliphatic carboxylic acids is 1. The molecule has 0 fully saturated rings. The van der Waals surface area contributed by atoms with E-state index in [-0.39, 0.29) is 12.4 Å². The standard InChI is InChI=1S/C25H23N3O4/c1-25(2,24(30)31)15-32-18-10-7-16(8-11-18)20-12-9-17(13-26-20)23-27-14-21(28-23)19-5-3-4-6-22(19)29/h3-14,29H,15H2,1-2H3,(H,27,28)(H,30,31). The summed E-state index contributed by atoms with van der Waals surface area (Å²) in [5, 5.41) is 19.2. The molecule has 0 bridgehead atoms. The Morgan fingerprint density at radius 2 is 1.69 bits per heavy atom. The SMILES string of the molecule is CC(C)(COc1ccc(-c2ccc(-c3ncc(-c4ccccc4O)[nH]3)cn2)cc1)C(=O)O. The highest BCUT2D eigenvalue weighted by Gasteiger charge is 2.28. The predicted octanol–water partition coefficient (Wildman–Crippen LogP) is 5.00. The smallest absolute Gasteiger partial charge is 0.312 e. The zero-order valence-corrected chi connectivity index (χ0v) is 17.7. The molecule has 32 heavy (non-hydrogen) atoms. The van der Waals surface area contributed by atoms with Crippen LogP contribution in [0, 0.1) is 5.41 Å². The van der Waals surface area contributed by atoms with Gasteiger partial charge in [0.15, 0.2) is 0 Å². The summed E-state index contributed by atoms with van der Waals surface area (Å²) in [6, 6.07) is 18.3. The van der Waals surface area contributed by atoms with Gasteiger partial charge in [0.2, 0.25) is 0 Å². The number of carboxylic acid groups (broad SMARTS) is 1. The molecule has 4 aromatic rings. The van der Waals surface area contributed by atoms with Crippen LogP contribution < -0.4 is 4.74 Å². The topological polar surface area (TPSA) is 108 Å². The van der Waals surface area contributed by atoms with Gasteiger partial charge in [-0.25, -0.2) is 4.98 Å². The van der Waals surface area contributed by atoms with E-state index < -0.39 is 11.4 Å². The number of aromatic nitrogens is 3. The van der Waals surface area contributed by atoms with E-state index in [1.54, 1.807) is 50.5 Å². The van der Waals surface area contributed by atoms with Crippen LogP contribution in [0.3, 0.4) is 0 Å². The maximum Gasteiger partial charge on any atom is 0.312 e. The van der Waals surface area contributed by atoms with Crippen molar-refractivity contribution in [1.82, 2.24) is 15.0 Å². The van der Waals surface area contributed by atoms with Gasteiger partial charge in [0.05, 0.1) is 23.0 Å². The number of benzene rings is 2. The molecule has 0 unspecified atom stereocenters. The van der Waals surface area contributed by atoms with Crippen molar-refractivity contribution in [3.05, 3.63) is 73.1 Å². The highest BCUT2D eigenvalue weighted by atomic mass is 16.5. The summed E-state index contributed by atoms with van der Waals surface area (Å²) in [6.07, 6.45) is 3.42. The zero-order chi connectivity index (χ0) is 22.7. The molecule has 0 radical (unpaired) electrons. The number of phenolic OH excluding ortho intramolecular Hbond substituents is 1. The maximum absolute atomic E-state index is 11.2. The van der Waals surface area contributed by atoms with E-state index in [1.165, 1.54) is 0 Å². The van der Waals surface area contributed by atoms with E-state index in [4.69, 9.17) is 4.74 Å². The molecule has 0 aliphatic heterocycles. The normalized spacial score (nSPS) is 11.3.